The summed E-state index contributed by atoms with van der Waals surface area (Å²) >= 11 is 5.91. The van der Waals surface area contributed by atoms with Gasteiger partial charge in [-0.2, -0.15) is 0 Å². The molecule has 0 atom stereocenters. The van der Waals surface area contributed by atoms with E-state index in [9.17, 15) is 4.79 Å². The average Bonchev–Trinajstić information content (AvgIpc) is 2.46. The third-order valence-corrected chi connectivity index (χ3v) is 3.52. The van der Waals surface area contributed by atoms with Crippen molar-refractivity contribution in [2.24, 2.45) is 0 Å². The van der Waals surface area contributed by atoms with Crippen molar-refractivity contribution < 1.29 is 4.79 Å². The summed E-state index contributed by atoms with van der Waals surface area (Å²) in [5.41, 5.74) is 0. The van der Waals surface area contributed by atoms with Gasteiger partial charge in [0.25, 0.3) is 0 Å². The van der Waals surface area contributed by atoms with E-state index in [1.165, 1.54) is 12.5 Å². The highest BCUT2D eigenvalue weighted by Crippen LogP contribution is 2.15. The maximum absolute atomic E-state index is 12.0. The van der Waals surface area contributed by atoms with E-state index in [0.29, 0.717) is 10.8 Å². The van der Waals surface area contributed by atoms with E-state index in [0.717, 1.165) is 32.7 Å². The Labute approximate surface area is 117 Å². The van der Waals surface area contributed by atoms with E-state index in [2.05, 4.69) is 27.1 Å². The minimum absolute atomic E-state index is 0.0745. The molecule has 1 aromatic rings. The molecule has 104 valence electrons. The van der Waals surface area contributed by atoms with Crippen LogP contribution >= 0.6 is 11.6 Å². The predicted octanol–water partition coefficient (Wildman–Crippen LogP) is 0.706. The number of nitrogens with one attached hydrogen (secondary N) is 1. The molecular weight excluding hydrogens is 266 g/mol. The zero-order valence-electron chi connectivity index (χ0n) is 11.0. The van der Waals surface area contributed by atoms with Crippen molar-refractivity contribution in [3.63, 3.8) is 0 Å². The van der Waals surface area contributed by atoms with Crippen LogP contribution in [0.3, 0.4) is 0 Å². The van der Waals surface area contributed by atoms with Crippen molar-refractivity contribution in [3.05, 3.63) is 17.5 Å². The summed E-state index contributed by atoms with van der Waals surface area (Å²) in [5, 5.41) is 3.37. The van der Waals surface area contributed by atoms with Crippen LogP contribution in [-0.2, 0) is 4.79 Å². The van der Waals surface area contributed by atoms with Gasteiger partial charge in [-0.15, -0.1) is 0 Å². The van der Waals surface area contributed by atoms with Gasteiger partial charge in [0.1, 0.15) is 17.2 Å². The van der Waals surface area contributed by atoms with Crippen LogP contribution in [0.5, 0.6) is 0 Å². The maximum atomic E-state index is 12.0. The summed E-state index contributed by atoms with van der Waals surface area (Å²) in [6.07, 6.45) is 2.90. The molecule has 2 heterocycles. The number of amides is 1. The zero-order valence-corrected chi connectivity index (χ0v) is 11.7. The summed E-state index contributed by atoms with van der Waals surface area (Å²) in [6, 6.07) is 0. The fourth-order valence-corrected chi connectivity index (χ4v) is 2.20. The first-order valence-corrected chi connectivity index (χ1v) is 6.78. The number of hydrogen-bond acceptors (Lipinski definition) is 5. The molecule has 19 heavy (non-hydrogen) atoms. The Hall–Kier alpha value is -1.40. The van der Waals surface area contributed by atoms with Gasteiger partial charge in [-0.3, -0.25) is 4.79 Å². The van der Waals surface area contributed by atoms with Crippen LogP contribution in [0, 0.1) is 0 Å². The topological polar surface area (TPSA) is 61.4 Å². The molecule has 1 aliphatic heterocycles. The van der Waals surface area contributed by atoms with Crippen LogP contribution in [0.15, 0.2) is 12.5 Å². The summed E-state index contributed by atoms with van der Waals surface area (Å²) in [7, 11) is 0. The van der Waals surface area contributed by atoms with Crippen molar-refractivity contribution in [1.29, 1.82) is 0 Å². The van der Waals surface area contributed by atoms with Crippen LogP contribution in [-0.4, -0.2) is 64.9 Å². The van der Waals surface area contributed by atoms with E-state index < -0.39 is 0 Å². The number of hydrogen-bond donors (Lipinski definition) is 1. The molecule has 0 saturated carbocycles. The minimum Gasteiger partial charge on any atom is -0.360 e. The SMILES string of the molecule is CCN1CCN(C(=O)CNc2ncncc2Cl)CC1. The third kappa shape index (κ3) is 3.78. The van der Waals surface area contributed by atoms with Gasteiger partial charge in [0.2, 0.25) is 5.91 Å². The Morgan fingerprint density at radius 1 is 1.42 bits per heavy atom. The van der Waals surface area contributed by atoms with E-state index in [1.807, 2.05) is 4.90 Å². The molecule has 0 aliphatic carbocycles. The molecule has 0 unspecified atom stereocenters. The van der Waals surface area contributed by atoms with Gasteiger partial charge in [0.05, 0.1) is 12.7 Å². The van der Waals surface area contributed by atoms with Crippen LogP contribution in [0.25, 0.3) is 0 Å². The van der Waals surface area contributed by atoms with Gasteiger partial charge in [-0.25, -0.2) is 9.97 Å². The van der Waals surface area contributed by atoms with Crippen LogP contribution in [0.4, 0.5) is 5.82 Å². The van der Waals surface area contributed by atoms with E-state index in [1.54, 1.807) is 0 Å². The third-order valence-electron chi connectivity index (χ3n) is 3.25. The van der Waals surface area contributed by atoms with Gasteiger partial charge in [0.15, 0.2) is 0 Å². The number of piperazine rings is 1. The van der Waals surface area contributed by atoms with Crippen molar-refractivity contribution in [2.45, 2.75) is 6.92 Å². The lowest BCUT2D eigenvalue weighted by molar-refractivity contribution is -0.131. The first-order valence-electron chi connectivity index (χ1n) is 6.40. The number of aromatic nitrogens is 2. The van der Waals surface area contributed by atoms with Crippen LogP contribution in [0.1, 0.15) is 6.92 Å². The molecule has 0 aromatic carbocycles. The maximum Gasteiger partial charge on any atom is 0.242 e. The van der Waals surface area contributed by atoms with Gasteiger partial charge in [0, 0.05) is 26.2 Å². The van der Waals surface area contributed by atoms with Crippen molar-refractivity contribution in [3.8, 4) is 0 Å². The van der Waals surface area contributed by atoms with Gasteiger partial charge in [-0.05, 0) is 6.54 Å². The van der Waals surface area contributed by atoms with Gasteiger partial charge >= 0.3 is 0 Å². The Morgan fingerprint density at radius 3 is 2.79 bits per heavy atom. The quantitative estimate of drug-likeness (QED) is 0.882. The highest BCUT2D eigenvalue weighted by Gasteiger charge is 2.19. The molecule has 1 aliphatic rings. The number of likely N-dealkylation sites (N-methyl/N-ethyl adjacent to an activating group) is 1. The van der Waals surface area contributed by atoms with Crippen molar-refractivity contribution >= 4 is 23.3 Å². The lowest BCUT2D eigenvalue weighted by Gasteiger charge is -2.34. The van der Waals surface area contributed by atoms with Crippen LogP contribution in [0.2, 0.25) is 5.02 Å². The van der Waals surface area contributed by atoms with Crippen molar-refractivity contribution in [1.82, 2.24) is 19.8 Å². The van der Waals surface area contributed by atoms with E-state index >= 15 is 0 Å². The Balaban J connectivity index is 1.81. The second-order valence-corrected chi connectivity index (χ2v) is 4.80. The first kappa shape index (κ1) is 14.0. The summed E-state index contributed by atoms with van der Waals surface area (Å²) < 4.78 is 0. The largest absolute Gasteiger partial charge is 0.360 e. The molecule has 0 bridgehead atoms. The second-order valence-electron chi connectivity index (χ2n) is 4.39. The summed E-state index contributed by atoms with van der Waals surface area (Å²) in [5.74, 6) is 0.572. The number of rotatable bonds is 4. The predicted molar refractivity (Wildman–Crippen MR) is 74.2 cm³/mol. The number of anilines is 1. The molecule has 1 aromatic heterocycles. The Morgan fingerprint density at radius 2 is 2.16 bits per heavy atom. The average molecular weight is 284 g/mol. The smallest absolute Gasteiger partial charge is 0.242 e. The fraction of sp³-hybridized carbons (Fsp3) is 0.583. The summed E-state index contributed by atoms with van der Waals surface area (Å²) in [4.78, 5) is 24.0. The molecular formula is C12H18ClN5O. The molecule has 1 fully saturated rings. The number of carbonyl (C=O) groups is 1. The first-order chi connectivity index (χ1) is 9.20. The molecule has 7 heteroatoms. The monoisotopic (exact) mass is 283 g/mol. The Kier molecular flexibility index (Phi) is 4.93. The molecule has 1 N–H and O–H groups in total. The number of nitrogens with zero attached hydrogens (tertiary/aromatic N) is 4. The molecule has 0 radical (unpaired) electrons. The minimum atomic E-state index is 0.0745. The zero-order chi connectivity index (χ0) is 13.7. The molecule has 2 rings (SSSR count). The Bertz CT molecular complexity index is 434. The van der Waals surface area contributed by atoms with Gasteiger partial charge < -0.3 is 15.1 Å². The van der Waals surface area contributed by atoms with Crippen molar-refractivity contribution in [2.75, 3.05) is 44.6 Å². The normalized spacial score (nSPS) is 16.4. The second kappa shape index (κ2) is 6.68. The lowest BCUT2D eigenvalue weighted by atomic mass is 10.3. The van der Waals surface area contributed by atoms with E-state index in [-0.39, 0.29) is 12.5 Å². The van der Waals surface area contributed by atoms with E-state index in [4.69, 9.17) is 11.6 Å². The summed E-state index contributed by atoms with van der Waals surface area (Å²) in [6.45, 7) is 6.83. The highest BCUT2D eigenvalue weighted by molar-refractivity contribution is 6.32. The molecule has 1 saturated heterocycles. The molecule has 6 nitrogen and oxygen atoms in total. The molecule has 1 amide bonds. The highest BCUT2D eigenvalue weighted by atomic mass is 35.5. The standard InChI is InChI=1S/C12H18ClN5O/c1-2-17-3-5-18(6-4-17)11(19)8-15-12-10(13)7-14-9-16-12/h7,9H,2-6,8H2,1H3,(H,14,15,16). The van der Waals surface area contributed by atoms with Gasteiger partial charge in [-0.1, -0.05) is 18.5 Å². The van der Waals surface area contributed by atoms with Crippen LogP contribution < -0.4 is 5.32 Å². The number of carbonyl (C=O) groups excluding carboxylic acids is 1. The molecule has 0 spiro atoms. The lowest BCUT2D eigenvalue weighted by Crippen LogP contribution is -2.49. The fourth-order valence-electron chi connectivity index (χ4n) is 2.03. The number of halogens is 1.